The average molecular weight is 275 g/mol. The Balaban J connectivity index is 2.93. The van der Waals surface area contributed by atoms with Crippen molar-refractivity contribution in [1.29, 1.82) is 0 Å². The maximum Gasteiger partial charge on any atom is 0.258 e. The van der Waals surface area contributed by atoms with Gasteiger partial charge in [0.2, 0.25) is 0 Å². The van der Waals surface area contributed by atoms with Gasteiger partial charge < -0.3 is 15.9 Å². The number of nitrogens with two attached hydrogens (primary N) is 1. The van der Waals surface area contributed by atoms with E-state index in [2.05, 4.69) is 19.8 Å². The first-order valence-corrected chi connectivity index (χ1v) is 6.90. The third-order valence-corrected chi connectivity index (χ3v) is 3.70. The van der Waals surface area contributed by atoms with Crippen molar-refractivity contribution in [1.82, 2.24) is 14.7 Å². The first-order valence-electron chi connectivity index (χ1n) is 5.42. The molecule has 1 rings (SSSR count). The zero-order valence-electron chi connectivity index (χ0n) is 10.2. The summed E-state index contributed by atoms with van der Waals surface area (Å²) in [5, 5.41) is 11.4. The van der Waals surface area contributed by atoms with Gasteiger partial charge in [0.1, 0.15) is 5.82 Å². The van der Waals surface area contributed by atoms with Gasteiger partial charge in [-0.15, -0.1) is 0 Å². The molecule has 0 amide bonds. The van der Waals surface area contributed by atoms with E-state index in [1.165, 1.54) is 6.20 Å². The Kier molecular flexibility index (Phi) is 4.68. The summed E-state index contributed by atoms with van der Waals surface area (Å²) in [5.41, 5.74) is 5.44. The van der Waals surface area contributed by atoms with Gasteiger partial charge in [0.05, 0.1) is 12.2 Å². The number of nitrogens with one attached hydrogen (secondary N) is 2. The Hall–Kier alpha value is -1.61. The van der Waals surface area contributed by atoms with Gasteiger partial charge in [-0.25, -0.2) is 13.4 Å². The Labute approximate surface area is 105 Å². The average Bonchev–Trinajstić information content (AvgIpc) is 2.75. The molecule has 0 fully saturated rings. The number of hydrogen-bond acceptors (Lipinski definition) is 5. The van der Waals surface area contributed by atoms with Crippen LogP contribution in [0.5, 0.6) is 0 Å². The normalized spacial score (nSPS) is 14.7. The van der Waals surface area contributed by atoms with Gasteiger partial charge in [0.15, 0.2) is 10.9 Å². The van der Waals surface area contributed by atoms with E-state index in [-0.39, 0.29) is 10.9 Å². The van der Waals surface area contributed by atoms with Gasteiger partial charge in [0.25, 0.3) is 10.0 Å². The highest BCUT2D eigenvalue weighted by Crippen LogP contribution is 2.08. The van der Waals surface area contributed by atoms with Crippen molar-refractivity contribution in [3.8, 4) is 0 Å². The summed E-state index contributed by atoms with van der Waals surface area (Å²) < 4.78 is 26.3. The van der Waals surface area contributed by atoms with Gasteiger partial charge in [-0.2, -0.15) is 4.72 Å². The second-order valence-electron chi connectivity index (χ2n) is 3.82. The summed E-state index contributed by atoms with van der Waals surface area (Å²) in [6.07, 6.45) is 2.33. The molecule has 5 N–H and O–H groups in total. The van der Waals surface area contributed by atoms with Crippen LogP contribution in [0.15, 0.2) is 16.4 Å². The summed E-state index contributed by atoms with van der Waals surface area (Å²) in [4.78, 5) is 6.43. The van der Waals surface area contributed by atoms with Crippen LogP contribution in [0.2, 0.25) is 0 Å². The number of H-pyrrole nitrogens is 1. The van der Waals surface area contributed by atoms with E-state index in [0.717, 1.165) is 0 Å². The van der Waals surface area contributed by atoms with Crippen molar-refractivity contribution in [3.63, 3.8) is 0 Å². The molecule has 1 aromatic rings. The summed E-state index contributed by atoms with van der Waals surface area (Å²) in [5.74, 6) is 0.322. The molecule has 0 radical (unpaired) electrons. The fraction of sp³-hybridized carbons (Fsp3) is 0.556. The summed E-state index contributed by atoms with van der Waals surface area (Å²) in [6.45, 7) is 3.51. The number of sulfonamides is 1. The predicted molar refractivity (Wildman–Crippen MR) is 65.8 cm³/mol. The maximum absolute atomic E-state index is 12.0. The molecule has 102 valence electrons. The lowest BCUT2D eigenvalue weighted by Crippen LogP contribution is -2.44. The molecule has 1 unspecified atom stereocenters. The van der Waals surface area contributed by atoms with Gasteiger partial charge in [0, 0.05) is 0 Å². The third-order valence-electron chi connectivity index (χ3n) is 2.32. The van der Waals surface area contributed by atoms with Crippen LogP contribution in [-0.2, 0) is 10.0 Å². The lowest BCUT2D eigenvalue weighted by molar-refractivity contribution is 0.315. The molecule has 0 aliphatic carbocycles. The van der Waals surface area contributed by atoms with E-state index in [0.29, 0.717) is 18.7 Å². The minimum Gasteiger partial charge on any atom is -0.409 e. The molecule has 0 saturated heterocycles. The molecule has 0 aromatic carbocycles. The Morgan fingerprint density at radius 2 is 2.39 bits per heavy atom. The Bertz CT molecular complexity index is 522. The molecule has 9 heteroatoms. The van der Waals surface area contributed by atoms with Gasteiger partial charge >= 0.3 is 0 Å². The number of oxime groups is 1. The highest BCUT2D eigenvalue weighted by molar-refractivity contribution is 7.89. The van der Waals surface area contributed by atoms with Crippen molar-refractivity contribution in [2.45, 2.75) is 37.8 Å². The highest BCUT2D eigenvalue weighted by Gasteiger charge is 2.23. The van der Waals surface area contributed by atoms with Crippen LogP contribution < -0.4 is 10.5 Å². The smallest absolute Gasteiger partial charge is 0.258 e. The number of aromatic nitrogens is 2. The maximum atomic E-state index is 12.0. The third kappa shape index (κ3) is 3.44. The SMILES string of the molecule is CCCC(NS(=O)(=O)c1cnc(C)[nH]1)/C(N)=N/O. The minimum atomic E-state index is -3.76. The van der Waals surface area contributed by atoms with Gasteiger partial charge in [-0.3, -0.25) is 0 Å². The van der Waals surface area contributed by atoms with Crippen LogP contribution in [0.25, 0.3) is 0 Å². The van der Waals surface area contributed by atoms with Gasteiger partial charge in [-0.05, 0) is 13.3 Å². The first kappa shape index (κ1) is 14.5. The predicted octanol–water partition coefficient (Wildman–Crippen LogP) is -0.0885. The van der Waals surface area contributed by atoms with Crippen LogP contribution >= 0.6 is 0 Å². The molecule has 0 saturated carbocycles. The number of rotatable bonds is 6. The number of hydrogen-bond donors (Lipinski definition) is 4. The molecule has 1 atom stereocenters. The van der Waals surface area contributed by atoms with E-state index >= 15 is 0 Å². The number of aryl methyl sites for hydroxylation is 1. The number of nitrogens with zero attached hydrogens (tertiary/aromatic N) is 2. The quantitative estimate of drug-likeness (QED) is 0.249. The fourth-order valence-corrected chi connectivity index (χ4v) is 2.62. The lowest BCUT2D eigenvalue weighted by atomic mass is 10.2. The number of aromatic amines is 1. The van der Waals surface area contributed by atoms with Crippen LogP contribution in [0.1, 0.15) is 25.6 Å². The highest BCUT2D eigenvalue weighted by atomic mass is 32.2. The van der Waals surface area contributed by atoms with Gasteiger partial charge in [-0.1, -0.05) is 18.5 Å². The van der Waals surface area contributed by atoms with E-state index < -0.39 is 16.1 Å². The molecule has 0 spiro atoms. The molecule has 0 bridgehead atoms. The minimum absolute atomic E-state index is 0.0492. The Morgan fingerprint density at radius 3 is 2.83 bits per heavy atom. The second kappa shape index (κ2) is 5.83. The summed E-state index contributed by atoms with van der Waals surface area (Å²) in [7, 11) is -3.76. The number of amidine groups is 1. The second-order valence-corrected chi connectivity index (χ2v) is 5.50. The molecular formula is C9H17N5O3S. The largest absolute Gasteiger partial charge is 0.409 e. The standard InChI is InChI=1S/C9H17N5O3S/c1-3-4-7(9(10)13-15)14-18(16,17)8-5-11-6(2)12-8/h5,7,14-15H,3-4H2,1-2H3,(H2,10,13)(H,11,12). The number of imidazole rings is 1. The van der Waals surface area contributed by atoms with Crippen molar-refractivity contribution in [2.75, 3.05) is 0 Å². The van der Waals surface area contributed by atoms with Crippen molar-refractivity contribution in [2.24, 2.45) is 10.9 Å². The van der Waals surface area contributed by atoms with Crippen LogP contribution in [0.3, 0.4) is 0 Å². The van der Waals surface area contributed by atoms with E-state index in [4.69, 9.17) is 10.9 Å². The van der Waals surface area contributed by atoms with Crippen LogP contribution in [0.4, 0.5) is 0 Å². The first-order chi connectivity index (χ1) is 8.40. The van der Waals surface area contributed by atoms with Crippen LogP contribution in [-0.4, -0.2) is 35.5 Å². The van der Waals surface area contributed by atoms with E-state index in [9.17, 15) is 8.42 Å². The molecule has 1 aromatic heterocycles. The van der Waals surface area contributed by atoms with E-state index in [1.807, 2.05) is 6.92 Å². The molecule has 1 heterocycles. The zero-order valence-corrected chi connectivity index (χ0v) is 11.0. The molecule has 8 nitrogen and oxygen atoms in total. The molecular weight excluding hydrogens is 258 g/mol. The lowest BCUT2D eigenvalue weighted by Gasteiger charge is -2.15. The monoisotopic (exact) mass is 275 g/mol. The van der Waals surface area contributed by atoms with Crippen molar-refractivity contribution < 1.29 is 13.6 Å². The molecule has 0 aliphatic rings. The van der Waals surface area contributed by atoms with Crippen molar-refractivity contribution >= 4 is 15.9 Å². The molecule has 18 heavy (non-hydrogen) atoms. The van der Waals surface area contributed by atoms with Crippen LogP contribution in [0, 0.1) is 6.92 Å². The topological polar surface area (TPSA) is 133 Å². The van der Waals surface area contributed by atoms with E-state index in [1.54, 1.807) is 6.92 Å². The zero-order chi connectivity index (χ0) is 13.8. The van der Waals surface area contributed by atoms with Crippen molar-refractivity contribution in [3.05, 3.63) is 12.0 Å². The summed E-state index contributed by atoms with van der Waals surface area (Å²) in [6, 6.07) is -0.742. The summed E-state index contributed by atoms with van der Waals surface area (Å²) >= 11 is 0. The Morgan fingerprint density at radius 1 is 1.72 bits per heavy atom. The fourth-order valence-electron chi connectivity index (χ4n) is 1.41. The molecule has 0 aliphatic heterocycles.